The van der Waals surface area contributed by atoms with Gasteiger partial charge in [0, 0.05) is 10.8 Å². The van der Waals surface area contributed by atoms with Crippen molar-refractivity contribution in [2.75, 3.05) is 0 Å². The van der Waals surface area contributed by atoms with Crippen molar-refractivity contribution < 1.29 is 23.8 Å². The first kappa shape index (κ1) is 29.2. The lowest BCUT2D eigenvalue weighted by molar-refractivity contribution is -0.197. The number of nitrogens with one attached hydrogen (secondary N) is 1. The summed E-state index contributed by atoms with van der Waals surface area (Å²) < 4.78 is 18.5. The Morgan fingerprint density at radius 1 is 0.743 bits per heavy atom. The normalized spacial score (nSPS) is 27.2. The van der Waals surface area contributed by atoms with Gasteiger partial charge in [0.25, 0.3) is 0 Å². The Morgan fingerprint density at radius 3 is 1.69 bits per heavy atom. The van der Waals surface area contributed by atoms with Crippen LogP contribution in [0.1, 0.15) is 95.6 Å². The Bertz CT molecular complexity index is 936. The standard InChI is InChI=1S/C29H47NO5/c1-23(2,3)34-21(31)29(30-22(32)35-24(4,5)6)27(11,12)25(7,8)26(9,10)28(29,13)33-19-20-17-15-14-16-18-20/h14-18H,19H2,1-13H3,(H,30,32)/t28-,29+/m1/s1. The van der Waals surface area contributed by atoms with Gasteiger partial charge < -0.3 is 19.5 Å². The Labute approximate surface area is 212 Å². The highest BCUT2D eigenvalue weighted by Crippen LogP contribution is 2.72. The molecule has 0 aliphatic heterocycles. The number of hydrogen-bond donors (Lipinski definition) is 1. The molecule has 2 atom stereocenters. The highest BCUT2D eigenvalue weighted by atomic mass is 16.6. The molecule has 0 unspecified atom stereocenters. The third-order valence-corrected chi connectivity index (χ3v) is 8.73. The summed E-state index contributed by atoms with van der Waals surface area (Å²) in [5.41, 5.74) is -5.11. The SMILES string of the molecule is CC(C)(C)OC(=O)N[C@@]1(C(=O)OC(C)(C)C)C(C)(C)C(C)(C)C(C)(C)[C@@]1(C)OCc1ccccc1. The van der Waals surface area contributed by atoms with Crippen molar-refractivity contribution in [2.45, 2.75) is 119 Å². The Hall–Kier alpha value is -2.08. The van der Waals surface area contributed by atoms with Crippen LogP contribution in [0, 0.1) is 16.2 Å². The van der Waals surface area contributed by atoms with Crippen molar-refractivity contribution in [1.29, 1.82) is 0 Å². The van der Waals surface area contributed by atoms with Gasteiger partial charge in [-0.3, -0.25) is 0 Å². The molecule has 1 aliphatic carbocycles. The molecule has 0 bridgehead atoms. The van der Waals surface area contributed by atoms with Gasteiger partial charge in [-0.1, -0.05) is 71.9 Å². The first-order chi connectivity index (χ1) is 15.6. The van der Waals surface area contributed by atoms with Gasteiger partial charge >= 0.3 is 12.1 Å². The van der Waals surface area contributed by atoms with E-state index in [4.69, 9.17) is 14.2 Å². The molecule has 198 valence electrons. The van der Waals surface area contributed by atoms with Crippen molar-refractivity contribution in [1.82, 2.24) is 5.32 Å². The lowest BCUT2D eigenvalue weighted by Gasteiger charge is -2.51. The number of alkyl carbamates (subject to hydrolysis) is 1. The van der Waals surface area contributed by atoms with Gasteiger partial charge in [0.2, 0.25) is 0 Å². The molecule has 0 aromatic heterocycles. The van der Waals surface area contributed by atoms with Crippen LogP contribution in [0.15, 0.2) is 30.3 Å². The molecule has 0 spiro atoms. The van der Waals surface area contributed by atoms with Crippen molar-refractivity contribution >= 4 is 12.1 Å². The highest BCUT2D eigenvalue weighted by Gasteiger charge is 2.82. The van der Waals surface area contributed by atoms with Crippen molar-refractivity contribution in [3.05, 3.63) is 35.9 Å². The van der Waals surface area contributed by atoms with Crippen LogP contribution in [0.5, 0.6) is 0 Å². The smallest absolute Gasteiger partial charge is 0.408 e. The molecule has 1 amide bonds. The fraction of sp³-hybridized carbons (Fsp3) is 0.724. The summed E-state index contributed by atoms with van der Waals surface area (Å²) in [6.07, 6.45) is -0.681. The topological polar surface area (TPSA) is 73.9 Å². The van der Waals surface area contributed by atoms with Crippen LogP contribution in [0.2, 0.25) is 0 Å². The number of amides is 1. The van der Waals surface area contributed by atoms with Crippen LogP contribution in [-0.4, -0.2) is 34.4 Å². The van der Waals surface area contributed by atoms with Crippen molar-refractivity contribution in [3.63, 3.8) is 0 Å². The van der Waals surface area contributed by atoms with E-state index in [0.29, 0.717) is 0 Å². The number of esters is 1. The van der Waals surface area contributed by atoms with Gasteiger partial charge in [0.15, 0.2) is 5.54 Å². The van der Waals surface area contributed by atoms with E-state index < -0.39 is 50.6 Å². The zero-order valence-corrected chi connectivity index (χ0v) is 24.1. The van der Waals surface area contributed by atoms with Crippen molar-refractivity contribution in [3.8, 4) is 0 Å². The molecule has 2 rings (SSSR count). The maximum Gasteiger partial charge on any atom is 0.408 e. The zero-order chi connectivity index (χ0) is 27.3. The van der Waals surface area contributed by atoms with Gasteiger partial charge in [-0.25, -0.2) is 9.59 Å². The minimum absolute atomic E-state index is 0.271. The fourth-order valence-corrected chi connectivity index (χ4v) is 5.59. The van der Waals surface area contributed by atoms with Crippen LogP contribution in [0.3, 0.4) is 0 Å². The molecule has 6 heteroatoms. The molecule has 1 aromatic carbocycles. The molecule has 1 aromatic rings. The van der Waals surface area contributed by atoms with Crippen LogP contribution in [-0.2, 0) is 25.6 Å². The van der Waals surface area contributed by atoms with E-state index in [-0.39, 0.29) is 6.61 Å². The number of carbonyl (C=O) groups excluding carboxylic acids is 2. The second kappa shape index (κ2) is 8.79. The molecule has 35 heavy (non-hydrogen) atoms. The Kier molecular flexibility index (Phi) is 7.32. The molecule has 1 N–H and O–H groups in total. The summed E-state index contributed by atoms with van der Waals surface area (Å²) in [6.45, 7) is 25.5. The molecule has 0 heterocycles. The van der Waals surface area contributed by atoms with E-state index in [1.807, 2.05) is 71.9 Å². The maximum absolute atomic E-state index is 14.3. The summed E-state index contributed by atoms with van der Waals surface area (Å²) in [5, 5.41) is 3.04. The zero-order valence-electron chi connectivity index (χ0n) is 24.1. The van der Waals surface area contributed by atoms with E-state index in [9.17, 15) is 9.59 Å². The lowest BCUT2D eigenvalue weighted by atomic mass is 9.58. The summed E-state index contributed by atoms with van der Waals surface area (Å²) in [7, 11) is 0. The summed E-state index contributed by atoms with van der Waals surface area (Å²) in [6, 6.07) is 9.83. The summed E-state index contributed by atoms with van der Waals surface area (Å²) >= 11 is 0. The molecular formula is C29H47NO5. The van der Waals surface area contributed by atoms with Crippen LogP contribution in [0.25, 0.3) is 0 Å². The third-order valence-electron chi connectivity index (χ3n) is 8.73. The second-order valence-electron chi connectivity index (χ2n) is 13.6. The van der Waals surface area contributed by atoms with E-state index in [1.165, 1.54) is 0 Å². The average Bonchev–Trinajstić information content (AvgIpc) is 2.73. The predicted octanol–water partition coefficient (Wildman–Crippen LogP) is 6.66. The monoisotopic (exact) mass is 489 g/mol. The first-order valence-corrected chi connectivity index (χ1v) is 12.5. The lowest BCUT2D eigenvalue weighted by Crippen LogP contribution is -2.74. The van der Waals surface area contributed by atoms with Gasteiger partial charge in [-0.05, 0) is 59.4 Å². The van der Waals surface area contributed by atoms with Crippen molar-refractivity contribution in [2.24, 2.45) is 16.2 Å². The molecular weight excluding hydrogens is 442 g/mol. The quantitative estimate of drug-likeness (QED) is 0.468. The number of carbonyl (C=O) groups is 2. The van der Waals surface area contributed by atoms with Gasteiger partial charge in [0.1, 0.15) is 16.8 Å². The number of rotatable bonds is 5. The van der Waals surface area contributed by atoms with Crippen LogP contribution in [0.4, 0.5) is 4.79 Å². The van der Waals surface area contributed by atoms with Gasteiger partial charge in [-0.2, -0.15) is 0 Å². The number of benzene rings is 1. The Balaban J connectivity index is 2.80. The summed E-state index contributed by atoms with van der Waals surface area (Å²) in [5.74, 6) is -0.532. The first-order valence-electron chi connectivity index (χ1n) is 12.5. The Morgan fingerprint density at radius 2 is 1.23 bits per heavy atom. The molecule has 0 saturated heterocycles. The van der Waals surface area contributed by atoms with Crippen LogP contribution < -0.4 is 5.32 Å². The third kappa shape index (κ3) is 4.71. The van der Waals surface area contributed by atoms with Gasteiger partial charge in [0.05, 0.1) is 6.61 Å². The number of hydrogen-bond acceptors (Lipinski definition) is 5. The van der Waals surface area contributed by atoms with E-state index in [0.717, 1.165) is 5.56 Å². The van der Waals surface area contributed by atoms with E-state index >= 15 is 0 Å². The molecule has 0 radical (unpaired) electrons. The minimum atomic E-state index is -1.56. The molecule has 6 nitrogen and oxygen atoms in total. The van der Waals surface area contributed by atoms with Gasteiger partial charge in [-0.15, -0.1) is 0 Å². The van der Waals surface area contributed by atoms with Crippen LogP contribution >= 0.6 is 0 Å². The number of ether oxygens (including phenoxy) is 3. The maximum atomic E-state index is 14.3. The molecule has 1 fully saturated rings. The van der Waals surface area contributed by atoms with E-state index in [1.54, 1.807) is 20.8 Å². The largest absolute Gasteiger partial charge is 0.458 e. The van der Waals surface area contributed by atoms with E-state index in [2.05, 4.69) is 33.0 Å². The average molecular weight is 490 g/mol. The second-order valence-corrected chi connectivity index (χ2v) is 13.6. The predicted molar refractivity (Wildman–Crippen MR) is 139 cm³/mol. The molecule has 1 aliphatic rings. The fourth-order valence-electron chi connectivity index (χ4n) is 5.59. The summed E-state index contributed by atoms with van der Waals surface area (Å²) in [4.78, 5) is 27.7. The minimum Gasteiger partial charge on any atom is -0.458 e. The highest BCUT2D eigenvalue weighted by molar-refractivity contribution is 5.90. The molecule has 1 saturated carbocycles.